The van der Waals surface area contributed by atoms with Crippen molar-refractivity contribution >= 4 is 33.4 Å². The molecular formula is C20H19BrN4O2S. The first-order valence-corrected chi connectivity index (χ1v) is 10.7. The van der Waals surface area contributed by atoms with Crippen LogP contribution >= 0.6 is 27.7 Å². The number of para-hydroxylation sites is 1. The lowest BCUT2D eigenvalue weighted by Gasteiger charge is -2.20. The fraction of sp³-hybridized carbons (Fsp3) is 0.250. The first-order valence-electron chi connectivity index (χ1n) is 8.93. The Hall–Kier alpha value is -2.32. The fourth-order valence-corrected chi connectivity index (χ4v) is 4.09. The van der Waals surface area contributed by atoms with Crippen LogP contribution in [0.4, 0.5) is 5.69 Å². The van der Waals surface area contributed by atoms with Gasteiger partial charge in [0.25, 0.3) is 0 Å². The van der Waals surface area contributed by atoms with Crippen molar-refractivity contribution in [2.45, 2.75) is 24.7 Å². The molecule has 8 heteroatoms. The third-order valence-electron chi connectivity index (χ3n) is 4.25. The van der Waals surface area contributed by atoms with Crippen molar-refractivity contribution in [2.24, 2.45) is 0 Å². The number of ether oxygens (including phenoxy) is 2. The normalized spacial score (nSPS) is 14.9. The topological polar surface area (TPSA) is 69.2 Å². The molecule has 2 heterocycles. The minimum Gasteiger partial charge on any atom is -0.496 e. The van der Waals surface area contributed by atoms with Crippen LogP contribution in [0.3, 0.4) is 0 Å². The summed E-state index contributed by atoms with van der Waals surface area (Å²) >= 11 is 5.12. The Morgan fingerprint density at radius 1 is 1.21 bits per heavy atom. The molecule has 0 fully saturated rings. The van der Waals surface area contributed by atoms with Crippen LogP contribution in [0.15, 0.2) is 52.1 Å². The van der Waals surface area contributed by atoms with Crippen molar-refractivity contribution in [3.05, 3.63) is 52.5 Å². The van der Waals surface area contributed by atoms with Crippen LogP contribution in [0.2, 0.25) is 0 Å². The standard InChI is InChI=1S/C20H19BrN4O2S/c1-3-10-28-20-23-19-17(24-25-20)13-6-4-5-7-15(13)22-18(27-19)12-8-9-16(26-2)14(21)11-12/h4-9,11,18,22H,3,10H2,1-2H3/t18-/m0/s1. The summed E-state index contributed by atoms with van der Waals surface area (Å²) in [5, 5.41) is 12.8. The second-order valence-electron chi connectivity index (χ2n) is 6.18. The molecular weight excluding hydrogens is 440 g/mol. The third kappa shape index (κ3) is 3.79. The number of fused-ring (bicyclic) bond motifs is 3. The average molecular weight is 459 g/mol. The van der Waals surface area contributed by atoms with Crippen molar-refractivity contribution in [1.29, 1.82) is 0 Å². The van der Waals surface area contributed by atoms with Gasteiger partial charge in [-0.05, 0) is 46.6 Å². The van der Waals surface area contributed by atoms with Gasteiger partial charge in [0.05, 0.1) is 11.6 Å². The summed E-state index contributed by atoms with van der Waals surface area (Å²) in [5.74, 6) is 2.17. The Labute approximate surface area is 176 Å². The van der Waals surface area contributed by atoms with Crippen molar-refractivity contribution in [2.75, 3.05) is 18.2 Å². The van der Waals surface area contributed by atoms with Gasteiger partial charge < -0.3 is 14.8 Å². The fourth-order valence-electron chi connectivity index (χ4n) is 2.90. The Kier molecular flexibility index (Phi) is 5.68. The van der Waals surface area contributed by atoms with Crippen LogP contribution < -0.4 is 14.8 Å². The molecule has 1 N–H and O–H groups in total. The van der Waals surface area contributed by atoms with E-state index in [1.165, 1.54) is 0 Å². The quantitative estimate of drug-likeness (QED) is 0.519. The zero-order chi connectivity index (χ0) is 19.5. The molecule has 3 aromatic rings. The molecule has 0 unspecified atom stereocenters. The lowest BCUT2D eigenvalue weighted by molar-refractivity contribution is 0.225. The number of aromatic nitrogens is 3. The van der Waals surface area contributed by atoms with Gasteiger partial charge in [0, 0.05) is 22.6 Å². The molecule has 1 aliphatic rings. The molecule has 1 aliphatic heterocycles. The molecule has 1 aromatic heterocycles. The minimum atomic E-state index is -0.426. The maximum atomic E-state index is 6.27. The van der Waals surface area contributed by atoms with Crippen molar-refractivity contribution in [3.8, 4) is 22.9 Å². The zero-order valence-electron chi connectivity index (χ0n) is 15.5. The molecule has 0 aliphatic carbocycles. The third-order valence-corrected chi connectivity index (χ3v) is 5.91. The van der Waals surface area contributed by atoms with E-state index in [4.69, 9.17) is 9.47 Å². The molecule has 4 rings (SSSR count). The lowest BCUT2D eigenvalue weighted by atomic mass is 10.1. The number of nitrogens with one attached hydrogen (secondary N) is 1. The minimum absolute atomic E-state index is 0.426. The first kappa shape index (κ1) is 19.0. The van der Waals surface area contributed by atoms with E-state index in [1.807, 2.05) is 42.5 Å². The predicted octanol–water partition coefficient (Wildman–Crippen LogP) is 5.31. The lowest BCUT2D eigenvalue weighted by Crippen LogP contribution is -2.17. The highest BCUT2D eigenvalue weighted by molar-refractivity contribution is 9.10. The van der Waals surface area contributed by atoms with Crippen LogP contribution in [0, 0.1) is 0 Å². The van der Waals surface area contributed by atoms with E-state index in [-0.39, 0.29) is 0 Å². The number of thioether (sulfide) groups is 1. The van der Waals surface area contributed by atoms with Gasteiger partial charge in [0.15, 0.2) is 11.9 Å². The SMILES string of the molecule is CCCSc1nnc2c(n1)O[C@@H](c1ccc(OC)c(Br)c1)Nc1ccccc1-2. The summed E-state index contributed by atoms with van der Waals surface area (Å²) in [4.78, 5) is 4.63. The number of methoxy groups -OCH3 is 1. The summed E-state index contributed by atoms with van der Waals surface area (Å²) in [7, 11) is 1.64. The molecule has 0 spiro atoms. The molecule has 0 amide bonds. The molecule has 6 nitrogen and oxygen atoms in total. The average Bonchev–Trinajstić information content (AvgIpc) is 2.88. The predicted molar refractivity (Wildman–Crippen MR) is 114 cm³/mol. The second kappa shape index (κ2) is 8.36. The van der Waals surface area contributed by atoms with Gasteiger partial charge in [0.1, 0.15) is 5.75 Å². The smallest absolute Gasteiger partial charge is 0.247 e. The van der Waals surface area contributed by atoms with E-state index in [2.05, 4.69) is 43.4 Å². The Balaban J connectivity index is 1.77. The molecule has 144 valence electrons. The van der Waals surface area contributed by atoms with Crippen LogP contribution in [-0.2, 0) is 0 Å². The summed E-state index contributed by atoms with van der Waals surface area (Å²) in [6.07, 6.45) is 0.615. The summed E-state index contributed by atoms with van der Waals surface area (Å²) in [5.41, 5.74) is 3.42. The number of hydrogen-bond acceptors (Lipinski definition) is 7. The Morgan fingerprint density at radius 3 is 2.86 bits per heavy atom. The van der Waals surface area contributed by atoms with Gasteiger partial charge in [-0.2, -0.15) is 4.98 Å². The molecule has 0 saturated carbocycles. The van der Waals surface area contributed by atoms with Crippen molar-refractivity contribution in [1.82, 2.24) is 15.2 Å². The van der Waals surface area contributed by atoms with E-state index in [1.54, 1.807) is 18.9 Å². The van der Waals surface area contributed by atoms with E-state index >= 15 is 0 Å². The van der Waals surface area contributed by atoms with E-state index in [0.717, 1.165) is 39.2 Å². The monoisotopic (exact) mass is 458 g/mol. The summed E-state index contributed by atoms with van der Waals surface area (Å²) in [6, 6.07) is 13.8. The first-order chi connectivity index (χ1) is 13.7. The number of nitrogens with zero attached hydrogens (tertiary/aromatic N) is 3. The van der Waals surface area contributed by atoms with Crippen LogP contribution in [-0.4, -0.2) is 28.0 Å². The van der Waals surface area contributed by atoms with Gasteiger partial charge in [0.2, 0.25) is 11.0 Å². The molecule has 0 saturated heterocycles. The van der Waals surface area contributed by atoms with Crippen molar-refractivity contribution < 1.29 is 9.47 Å². The van der Waals surface area contributed by atoms with Crippen LogP contribution in [0.1, 0.15) is 25.1 Å². The van der Waals surface area contributed by atoms with Crippen LogP contribution in [0.25, 0.3) is 11.3 Å². The van der Waals surface area contributed by atoms with Gasteiger partial charge in [-0.3, -0.25) is 0 Å². The summed E-state index contributed by atoms with van der Waals surface area (Å²) < 4.78 is 12.5. The van der Waals surface area contributed by atoms with Gasteiger partial charge >= 0.3 is 0 Å². The van der Waals surface area contributed by atoms with E-state index in [9.17, 15) is 0 Å². The van der Waals surface area contributed by atoms with Gasteiger partial charge in [-0.25, -0.2) is 0 Å². The maximum Gasteiger partial charge on any atom is 0.247 e. The number of hydrogen-bond donors (Lipinski definition) is 1. The molecule has 28 heavy (non-hydrogen) atoms. The highest BCUT2D eigenvalue weighted by Gasteiger charge is 2.26. The molecule has 0 bridgehead atoms. The number of anilines is 1. The molecule has 2 aromatic carbocycles. The number of rotatable bonds is 5. The molecule has 0 radical (unpaired) electrons. The maximum absolute atomic E-state index is 6.27. The highest BCUT2D eigenvalue weighted by atomic mass is 79.9. The Morgan fingerprint density at radius 2 is 2.07 bits per heavy atom. The van der Waals surface area contributed by atoms with Gasteiger partial charge in [-0.15, -0.1) is 10.2 Å². The Bertz CT molecular complexity index is 1000. The largest absolute Gasteiger partial charge is 0.496 e. The zero-order valence-corrected chi connectivity index (χ0v) is 17.9. The van der Waals surface area contributed by atoms with E-state index in [0.29, 0.717) is 16.7 Å². The molecule has 1 atom stereocenters. The summed E-state index contributed by atoms with van der Waals surface area (Å²) in [6.45, 7) is 2.12. The second-order valence-corrected chi connectivity index (χ2v) is 8.09. The van der Waals surface area contributed by atoms with Crippen molar-refractivity contribution in [3.63, 3.8) is 0 Å². The van der Waals surface area contributed by atoms with E-state index < -0.39 is 6.23 Å². The highest BCUT2D eigenvalue weighted by Crippen LogP contribution is 2.40. The number of benzene rings is 2. The van der Waals surface area contributed by atoms with Gasteiger partial charge in [-0.1, -0.05) is 36.9 Å². The van der Waals surface area contributed by atoms with Crippen LogP contribution in [0.5, 0.6) is 11.6 Å². The number of halogens is 1.